The van der Waals surface area contributed by atoms with Crippen LogP contribution in [0.3, 0.4) is 0 Å². The first-order valence-corrected chi connectivity index (χ1v) is 12.2. The summed E-state index contributed by atoms with van der Waals surface area (Å²) in [5, 5.41) is 12.7. The van der Waals surface area contributed by atoms with Gasteiger partial charge in [-0.1, -0.05) is 18.9 Å². The summed E-state index contributed by atoms with van der Waals surface area (Å²) in [7, 11) is 0. The van der Waals surface area contributed by atoms with Crippen LogP contribution < -0.4 is 21.3 Å². The third kappa shape index (κ3) is 5.22. The maximum absolute atomic E-state index is 12.8. The monoisotopic (exact) mass is 461 g/mol. The van der Waals surface area contributed by atoms with Crippen LogP contribution in [0.1, 0.15) is 64.3 Å². The fourth-order valence-electron chi connectivity index (χ4n) is 4.86. The number of carbonyl (C=O) groups excluding carboxylic acids is 2. The molecule has 178 valence electrons. The molecule has 34 heavy (non-hydrogen) atoms. The highest BCUT2D eigenvalue weighted by molar-refractivity contribution is 6.03. The van der Waals surface area contributed by atoms with Gasteiger partial charge in [-0.3, -0.25) is 9.59 Å². The molecule has 0 aromatic heterocycles. The van der Waals surface area contributed by atoms with Gasteiger partial charge in [0.1, 0.15) is 0 Å². The van der Waals surface area contributed by atoms with Gasteiger partial charge in [0.25, 0.3) is 11.8 Å². The number of carbonyl (C=O) groups is 2. The highest BCUT2D eigenvalue weighted by Crippen LogP contribution is 2.39. The van der Waals surface area contributed by atoms with Gasteiger partial charge in [0.05, 0.1) is 12.6 Å². The molecule has 3 aliphatic rings. The lowest BCUT2D eigenvalue weighted by Crippen LogP contribution is -2.34. The van der Waals surface area contributed by atoms with Crippen LogP contribution in [0.4, 0.5) is 11.4 Å². The lowest BCUT2D eigenvalue weighted by atomic mass is 9.93. The summed E-state index contributed by atoms with van der Waals surface area (Å²) in [6.07, 6.45) is 5.45. The Morgan fingerprint density at radius 3 is 2.56 bits per heavy atom. The normalized spacial score (nSPS) is 20.0. The molecular weight excluding hydrogens is 430 g/mol. The number of anilines is 2. The second-order valence-electron chi connectivity index (χ2n) is 9.14. The number of benzene rings is 2. The summed E-state index contributed by atoms with van der Waals surface area (Å²) < 4.78 is 5.36. The minimum absolute atomic E-state index is 0.0707. The third-order valence-electron chi connectivity index (χ3n) is 6.69. The van der Waals surface area contributed by atoms with Gasteiger partial charge in [0.2, 0.25) is 0 Å². The first-order chi connectivity index (χ1) is 16.7. The molecule has 8 heteroatoms. The van der Waals surface area contributed by atoms with E-state index in [1.807, 2.05) is 42.5 Å². The zero-order valence-corrected chi connectivity index (χ0v) is 19.2. The molecule has 0 spiro atoms. The van der Waals surface area contributed by atoms with Gasteiger partial charge in [-0.05, 0) is 67.1 Å². The van der Waals surface area contributed by atoms with E-state index >= 15 is 0 Å². The summed E-state index contributed by atoms with van der Waals surface area (Å²) >= 11 is 0. The highest BCUT2D eigenvalue weighted by atomic mass is 16.5. The van der Waals surface area contributed by atoms with E-state index in [4.69, 9.17) is 4.74 Å². The minimum Gasteiger partial charge on any atom is -0.379 e. The van der Waals surface area contributed by atoms with Crippen LogP contribution in [0, 0.1) is 0 Å². The molecule has 2 amide bonds. The fraction of sp³-hybridized carbons (Fsp3) is 0.423. The Hall–Kier alpha value is -3.39. The number of hydrogen-bond acceptors (Lipinski definition) is 4. The number of nitrogens with zero attached hydrogens (tertiary/aromatic N) is 1. The second kappa shape index (κ2) is 10.3. The molecule has 0 radical (unpaired) electrons. The quantitative estimate of drug-likeness (QED) is 0.526. The molecule has 1 atom stereocenters. The summed E-state index contributed by atoms with van der Waals surface area (Å²) in [6, 6.07) is 13.4. The van der Waals surface area contributed by atoms with Gasteiger partial charge in [-0.2, -0.15) is 4.99 Å². The van der Waals surface area contributed by atoms with Crippen LogP contribution in [-0.4, -0.2) is 50.1 Å². The molecule has 2 aliphatic heterocycles. The van der Waals surface area contributed by atoms with E-state index in [0.29, 0.717) is 36.2 Å². The van der Waals surface area contributed by atoms with E-state index in [-0.39, 0.29) is 17.9 Å². The number of guanidine groups is 1. The minimum atomic E-state index is -0.253. The van der Waals surface area contributed by atoms with Crippen LogP contribution in [0.2, 0.25) is 0 Å². The molecule has 2 heterocycles. The van der Waals surface area contributed by atoms with Crippen molar-refractivity contribution in [3.63, 3.8) is 0 Å². The van der Waals surface area contributed by atoms with Gasteiger partial charge in [0, 0.05) is 42.2 Å². The molecule has 0 bridgehead atoms. The van der Waals surface area contributed by atoms with Crippen molar-refractivity contribution in [2.45, 2.75) is 44.1 Å². The third-order valence-corrected chi connectivity index (χ3v) is 6.69. The predicted molar refractivity (Wildman–Crippen MR) is 132 cm³/mol. The average molecular weight is 462 g/mol. The Morgan fingerprint density at radius 2 is 1.79 bits per heavy atom. The molecule has 2 aromatic carbocycles. The van der Waals surface area contributed by atoms with Crippen LogP contribution in [-0.2, 0) is 4.74 Å². The number of rotatable bonds is 6. The molecule has 2 saturated heterocycles. The molecule has 4 N–H and O–H groups in total. The van der Waals surface area contributed by atoms with E-state index in [0.717, 1.165) is 49.3 Å². The summed E-state index contributed by atoms with van der Waals surface area (Å²) in [5.41, 5.74) is 4.14. The Bertz CT molecular complexity index is 1080. The number of nitrogens with one attached hydrogen (secondary N) is 4. The number of amides is 2. The van der Waals surface area contributed by atoms with Crippen LogP contribution in [0.5, 0.6) is 0 Å². The van der Waals surface area contributed by atoms with Gasteiger partial charge in [0.15, 0.2) is 5.96 Å². The standard InChI is InChI=1S/C26H31N5O3/c32-24(30-21-10-13-34-16-21)18-6-3-7-20(14-18)29-23-9-8-19(15-22(23)17-4-1-2-5-17)25(33)31-26-27-11-12-28-26/h3,6-9,14-15,17,21,29H,1-2,4-5,10-13,16H2,(H,30,32)(H2,27,28,31,33). The first kappa shape index (κ1) is 22.4. The lowest BCUT2D eigenvalue weighted by Gasteiger charge is -2.18. The van der Waals surface area contributed by atoms with Crippen molar-refractivity contribution in [1.29, 1.82) is 0 Å². The van der Waals surface area contributed by atoms with Crippen molar-refractivity contribution in [2.75, 3.05) is 31.6 Å². The Kier molecular flexibility index (Phi) is 6.76. The van der Waals surface area contributed by atoms with Crippen LogP contribution >= 0.6 is 0 Å². The first-order valence-electron chi connectivity index (χ1n) is 12.2. The zero-order chi connectivity index (χ0) is 23.3. The van der Waals surface area contributed by atoms with Gasteiger partial charge < -0.3 is 26.0 Å². The van der Waals surface area contributed by atoms with Gasteiger partial charge >= 0.3 is 0 Å². The maximum atomic E-state index is 12.8. The van der Waals surface area contributed by atoms with Crippen molar-refractivity contribution in [1.82, 2.24) is 16.0 Å². The van der Waals surface area contributed by atoms with Crippen molar-refractivity contribution in [3.05, 3.63) is 59.2 Å². The average Bonchev–Trinajstić information content (AvgIpc) is 3.64. The van der Waals surface area contributed by atoms with Crippen molar-refractivity contribution >= 4 is 29.1 Å². The van der Waals surface area contributed by atoms with Crippen molar-refractivity contribution < 1.29 is 14.3 Å². The molecule has 1 unspecified atom stereocenters. The maximum Gasteiger partial charge on any atom is 0.280 e. The Labute approximate surface area is 199 Å². The zero-order valence-electron chi connectivity index (χ0n) is 19.2. The smallest absolute Gasteiger partial charge is 0.280 e. The fourth-order valence-corrected chi connectivity index (χ4v) is 4.86. The summed E-state index contributed by atoms with van der Waals surface area (Å²) in [4.78, 5) is 29.6. The predicted octanol–water partition coefficient (Wildman–Crippen LogP) is 3.30. The molecule has 1 aliphatic carbocycles. The van der Waals surface area contributed by atoms with Crippen molar-refractivity contribution in [3.8, 4) is 0 Å². The number of aliphatic imine (C=N–C) groups is 1. The SMILES string of the molecule is O=C(N=C1NCCN1)c1ccc(Nc2cccc(C(=O)NC3CCOC3)c2)c(C2CCCC2)c1. The van der Waals surface area contributed by atoms with Crippen LogP contribution in [0.15, 0.2) is 47.5 Å². The molecular formula is C26H31N5O3. The van der Waals surface area contributed by atoms with Gasteiger partial charge in [-0.15, -0.1) is 0 Å². The van der Waals surface area contributed by atoms with Gasteiger partial charge in [-0.25, -0.2) is 0 Å². The van der Waals surface area contributed by atoms with E-state index < -0.39 is 0 Å². The van der Waals surface area contributed by atoms with E-state index in [1.54, 1.807) is 0 Å². The van der Waals surface area contributed by atoms with E-state index in [9.17, 15) is 9.59 Å². The highest BCUT2D eigenvalue weighted by Gasteiger charge is 2.23. The van der Waals surface area contributed by atoms with E-state index in [2.05, 4.69) is 26.3 Å². The molecule has 3 fully saturated rings. The second-order valence-corrected chi connectivity index (χ2v) is 9.14. The van der Waals surface area contributed by atoms with E-state index in [1.165, 1.54) is 12.8 Å². The lowest BCUT2D eigenvalue weighted by molar-refractivity contribution is 0.0929. The van der Waals surface area contributed by atoms with Crippen LogP contribution in [0.25, 0.3) is 0 Å². The Morgan fingerprint density at radius 1 is 0.971 bits per heavy atom. The molecule has 1 saturated carbocycles. The largest absolute Gasteiger partial charge is 0.379 e. The summed E-state index contributed by atoms with van der Waals surface area (Å²) in [6.45, 7) is 2.80. The topological polar surface area (TPSA) is 104 Å². The molecule has 8 nitrogen and oxygen atoms in total. The number of hydrogen-bond donors (Lipinski definition) is 4. The number of ether oxygens (including phenoxy) is 1. The Balaban J connectivity index is 1.37. The summed E-state index contributed by atoms with van der Waals surface area (Å²) in [5.74, 6) is 0.593. The molecule has 2 aromatic rings. The molecule has 5 rings (SSSR count). The van der Waals surface area contributed by atoms with Crippen molar-refractivity contribution in [2.24, 2.45) is 4.99 Å².